The van der Waals surface area contributed by atoms with Gasteiger partial charge in [0.2, 0.25) is 0 Å². The van der Waals surface area contributed by atoms with Crippen molar-refractivity contribution in [2.45, 2.75) is 31.9 Å². The number of methoxy groups -OCH3 is 1. The van der Waals surface area contributed by atoms with Crippen LogP contribution in [0.3, 0.4) is 0 Å². The molecule has 3 nitrogen and oxygen atoms in total. The summed E-state index contributed by atoms with van der Waals surface area (Å²) in [6.07, 6.45) is 8.01. The smallest absolute Gasteiger partial charge is 0.128 e. The van der Waals surface area contributed by atoms with E-state index in [-0.39, 0.29) is 6.10 Å². The number of nitrogens with one attached hydrogen (secondary N) is 1. The highest BCUT2D eigenvalue weighted by molar-refractivity contribution is 5.41. The van der Waals surface area contributed by atoms with Crippen LogP contribution in [0.4, 0.5) is 0 Å². The maximum absolute atomic E-state index is 6.07. The predicted octanol–water partition coefficient (Wildman–Crippen LogP) is 2.90. The summed E-state index contributed by atoms with van der Waals surface area (Å²) in [6.45, 7) is 0.801. The normalized spacial score (nSPS) is 18.7. The standard InChI is InChI=1S/C15H21NO2/c1-16-11-12-8-9-14(17-2)10-15(12)18-13-6-4-3-5-7-13/h4,6,8-10,13,16H,3,5,7,11H2,1-2H3. The molecule has 0 saturated carbocycles. The Balaban J connectivity index is 2.16. The van der Waals surface area contributed by atoms with Crippen molar-refractivity contribution in [3.8, 4) is 11.5 Å². The fraction of sp³-hybridized carbons (Fsp3) is 0.467. The van der Waals surface area contributed by atoms with Crippen molar-refractivity contribution in [2.24, 2.45) is 0 Å². The minimum absolute atomic E-state index is 0.196. The van der Waals surface area contributed by atoms with Gasteiger partial charge in [0.15, 0.2) is 0 Å². The van der Waals surface area contributed by atoms with Gasteiger partial charge in [-0.05, 0) is 38.5 Å². The van der Waals surface area contributed by atoms with Gasteiger partial charge in [-0.15, -0.1) is 0 Å². The van der Waals surface area contributed by atoms with E-state index in [1.165, 1.54) is 12.8 Å². The van der Waals surface area contributed by atoms with Crippen LogP contribution in [0, 0.1) is 0 Å². The molecule has 1 N–H and O–H groups in total. The Kier molecular flexibility index (Phi) is 4.65. The molecule has 1 aliphatic carbocycles. The number of hydrogen-bond acceptors (Lipinski definition) is 3. The van der Waals surface area contributed by atoms with E-state index in [1.807, 2.05) is 19.2 Å². The van der Waals surface area contributed by atoms with Crippen LogP contribution in [-0.4, -0.2) is 20.3 Å². The molecule has 0 saturated heterocycles. The zero-order valence-electron chi connectivity index (χ0n) is 11.1. The fourth-order valence-electron chi connectivity index (χ4n) is 2.15. The predicted molar refractivity (Wildman–Crippen MR) is 73.2 cm³/mol. The van der Waals surface area contributed by atoms with Crippen LogP contribution in [0.2, 0.25) is 0 Å². The summed E-state index contributed by atoms with van der Waals surface area (Å²) in [5, 5.41) is 3.16. The first-order valence-electron chi connectivity index (χ1n) is 6.48. The molecule has 3 heteroatoms. The lowest BCUT2D eigenvalue weighted by Gasteiger charge is -2.21. The largest absolute Gasteiger partial charge is 0.497 e. The molecule has 0 aliphatic heterocycles. The molecular weight excluding hydrogens is 226 g/mol. The Bertz CT molecular complexity index is 415. The highest BCUT2D eigenvalue weighted by atomic mass is 16.5. The number of rotatable bonds is 5. The third-order valence-electron chi connectivity index (χ3n) is 3.13. The van der Waals surface area contributed by atoms with Crippen LogP contribution in [-0.2, 0) is 6.54 Å². The summed E-state index contributed by atoms with van der Waals surface area (Å²) >= 11 is 0. The Labute approximate surface area is 109 Å². The average molecular weight is 247 g/mol. The molecule has 18 heavy (non-hydrogen) atoms. The van der Waals surface area contributed by atoms with Crippen molar-refractivity contribution >= 4 is 0 Å². The lowest BCUT2D eigenvalue weighted by Crippen LogP contribution is -2.17. The molecule has 0 fully saturated rings. The SMILES string of the molecule is CNCc1ccc(OC)cc1OC1C=CCCC1. The van der Waals surface area contributed by atoms with Crippen molar-refractivity contribution in [1.29, 1.82) is 0 Å². The van der Waals surface area contributed by atoms with Gasteiger partial charge in [-0.1, -0.05) is 12.1 Å². The summed E-state index contributed by atoms with van der Waals surface area (Å²) in [4.78, 5) is 0. The molecule has 1 aliphatic rings. The van der Waals surface area contributed by atoms with Gasteiger partial charge in [0.25, 0.3) is 0 Å². The molecule has 0 aromatic heterocycles. The van der Waals surface area contributed by atoms with Crippen LogP contribution < -0.4 is 14.8 Å². The van der Waals surface area contributed by atoms with Crippen molar-refractivity contribution in [3.05, 3.63) is 35.9 Å². The maximum atomic E-state index is 6.07. The Hall–Kier alpha value is -1.48. The van der Waals surface area contributed by atoms with Crippen LogP contribution in [0.15, 0.2) is 30.4 Å². The first kappa shape index (κ1) is 13.0. The number of allylic oxidation sites excluding steroid dienone is 1. The van der Waals surface area contributed by atoms with Gasteiger partial charge in [0.05, 0.1) is 7.11 Å². The maximum Gasteiger partial charge on any atom is 0.128 e. The molecule has 0 heterocycles. The zero-order chi connectivity index (χ0) is 12.8. The lowest BCUT2D eigenvalue weighted by atomic mass is 10.1. The van der Waals surface area contributed by atoms with Gasteiger partial charge in [-0.25, -0.2) is 0 Å². The Morgan fingerprint density at radius 2 is 2.28 bits per heavy atom. The third-order valence-corrected chi connectivity index (χ3v) is 3.13. The molecular formula is C15H21NO2. The van der Waals surface area contributed by atoms with Crippen molar-refractivity contribution in [2.75, 3.05) is 14.2 Å². The molecule has 98 valence electrons. The van der Waals surface area contributed by atoms with Gasteiger partial charge in [-0.3, -0.25) is 0 Å². The van der Waals surface area contributed by atoms with Gasteiger partial charge in [0.1, 0.15) is 17.6 Å². The zero-order valence-corrected chi connectivity index (χ0v) is 11.1. The highest BCUT2D eigenvalue weighted by Gasteiger charge is 2.13. The molecule has 1 unspecified atom stereocenters. The number of ether oxygens (including phenoxy) is 2. The monoisotopic (exact) mass is 247 g/mol. The van der Waals surface area contributed by atoms with E-state index in [0.29, 0.717) is 0 Å². The van der Waals surface area contributed by atoms with Crippen LogP contribution in [0.5, 0.6) is 11.5 Å². The quantitative estimate of drug-likeness (QED) is 0.812. The summed E-state index contributed by atoms with van der Waals surface area (Å²) in [7, 11) is 3.62. The van der Waals surface area contributed by atoms with E-state index >= 15 is 0 Å². The van der Waals surface area contributed by atoms with Crippen molar-refractivity contribution < 1.29 is 9.47 Å². The molecule has 1 aromatic rings. The lowest BCUT2D eigenvalue weighted by molar-refractivity contribution is 0.226. The van der Waals surface area contributed by atoms with Crippen LogP contribution >= 0.6 is 0 Å². The molecule has 0 amide bonds. The summed E-state index contributed by atoms with van der Waals surface area (Å²) < 4.78 is 11.3. The van der Waals surface area contributed by atoms with E-state index in [9.17, 15) is 0 Å². The number of hydrogen-bond donors (Lipinski definition) is 1. The fourth-order valence-corrected chi connectivity index (χ4v) is 2.15. The first-order valence-corrected chi connectivity index (χ1v) is 6.48. The molecule has 0 spiro atoms. The molecule has 0 bridgehead atoms. The molecule has 0 radical (unpaired) electrons. The summed E-state index contributed by atoms with van der Waals surface area (Å²) in [5.74, 6) is 1.75. The second-order valence-corrected chi connectivity index (χ2v) is 4.52. The number of benzene rings is 1. The van der Waals surface area contributed by atoms with Crippen molar-refractivity contribution in [1.82, 2.24) is 5.32 Å². The van der Waals surface area contributed by atoms with E-state index in [1.54, 1.807) is 7.11 Å². The van der Waals surface area contributed by atoms with E-state index < -0.39 is 0 Å². The Morgan fingerprint density at radius 1 is 1.39 bits per heavy atom. The van der Waals surface area contributed by atoms with Crippen molar-refractivity contribution in [3.63, 3.8) is 0 Å². The average Bonchev–Trinajstić information content (AvgIpc) is 2.42. The van der Waals surface area contributed by atoms with E-state index in [0.717, 1.165) is 30.0 Å². The van der Waals surface area contributed by atoms with Gasteiger partial charge in [-0.2, -0.15) is 0 Å². The Morgan fingerprint density at radius 3 is 2.94 bits per heavy atom. The minimum atomic E-state index is 0.196. The summed E-state index contributed by atoms with van der Waals surface area (Å²) in [6, 6.07) is 5.99. The highest BCUT2D eigenvalue weighted by Crippen LogP contribution is 2.27. The van der Waals surface area contributed by atoms with Crippen LogP contribution in [0.25, 0.3) is 0 Å². The van der Waals surface area contributed by atoms with Gasteiger partial charge < -0.3 is 14.8 Å². The minimum Gasteiger partial charge on any atom is -0.497 e. The third kappa shape index (κ3) is 3.26. The second kappa shape index (κ2) is 6.45. The van der Waals surface area contributed by atoms with E-state index in [2.05, 4.69) is 23.5 Å². The molecule has 1 atom stereocenters. The first-order chi connectivity index (χ1) is 8.83. The molecule has 1 aromatic carbocycles. The van der Waals surface area contributed by atoms with E-state index in [4.69, 9.17) is 9.47 Å². The van der Waals surface area contributed by atoms with Crippen LogP contribution in [0.1, 0.15) is 24.8 Å². The second-order valence-electron chi connectivity index (χ2n) is 4.52. The van der Waals surface area contributed by atoms with Gasteiger partial charge >= 0.3 is 0 Å². The topological polar surface area (TPSA) is 30.5 Å². The molecule has 2 rings (SSSR count). The van der Waals surface area contributed by atoms with Gasteiger partial charge in [0, 0.05) is 18.2 Å². The summed E-state index contributed by atoms with van der Waals surface area (Å²) in [5.41, 5.74) is 1.16.